The fraction of sp³-hybridized carbons (Fsp3) is 0.889. The molecule has 5 aliphatic rings. The SMILES string of the molecule is CCCC[C@@]12[C@@H]3C[C@H]([C@H]4C(C)CO[C@@]4(O3)[C@@H]1C(=O)OC)N2C(=O)OC. The van der Waals surface area contributed by atoms with Crippen LogP contribution in [0.1, 0.15) is 39.5 Å². The van der Waals surface area contributed by atoms with Crippen LogP contribution < -0.4 is 0 Å². The topological polar surface area (TPSA) is 74.3 Å². The first-order chi connectivity index (χ1) is 12.0. The Kier molecular flexibility index (Phi) is 3.81. The minimum atomic E-state index is -0.960. The first-order valence-corrected chi connectivity index (χ1v) is 9.24. The Hall–Kier alpha value is -1.34. The highest BCUT2D eigenvalue weighted by Crippen LogP contribution is 2.68. The van der Waals surface area contributed by atoms with Gasteiger partial charge in [0, 0.05) is 12.0 Å². The largest absolute Gasteiger partial charge is 0.469 e. The molecule has 1 spiro atoms. The van der Waals surface area contributed by atoms with Crippen LogP contribution >= 0.6 is 0 Å². The molecular formula is C18H27NO6. The Bertz CT molecular complexity index is 596. The highest BCUT2D eigenvalue weighted by molar-refractivity contribution is 5.80. The molecule has 5 fully saturated rings. The molecule has 7 atom stereocenters. The Morgan fingerprint density at radius 3 is 2.68 bits per heavy atom. The molecule has 5 heterocycles. The van der Waals surface area contributed by atoms with Gasteiger partial charge in [-0.1, -0.05) is 26.7 Å². The van der Waals surface area contributed by atoms with Crippen molar-refractivity contribution >= 4 is 12.1 Å². The van der Waals surface area contributed by atoms with Crippen LogP contribution in [0.2, 0.25) is 0 Å². The van der Waals surface area contributed by atoms with E-state index in [1.54, 1.807) is 0 Å². The molecule has 0 aromatic carbocycles. The fourth-order valence-electron chi connectivity index (χ4n) is 6.08. The number of unbranched alkanes of at least 4 members (excludes halogenated alkanes) is 1. The maximum Gasteiger partial charge on any atom is 0.410 e. The first kappa shape index (κ1) is 17.1. The van der Waals surface area contributed by atoms with Gasteiger partial charge in [0.05, 0.1) is 32.5 Å². The summed E-state index contributed by atoms with van der Waals surface area (Å²) in [6.07, 6.45) is 2.68. The monoisotopic (exact) mass is 353 g/mol. The van der Waals surface area contributed by atoms with Crippen LogP contribution in [0, 0.1) is 17.8 Å². The molecule has 4 bridgehead atoms. The summed E-state index contributed by atoms with van der Waals surface area (Å²) in [5.74, 6) is -1.78. The van der Waals surface area contributed by atoms with Crippen molar-refractivity contribution in [2.45, 2.75) is 63.0 Å². The van der Waals surface area contributed by atoms with Gasteiger partial charge in [-0.05, 0) is 18.8 Å². The van der Waals surface area contributed by atoms with E-state index in [9.17, 15) is 9.59 Å². The molecule has 0 radical (unpaired) electrons. The molecule has 7 nitrogen and oxygen atoms in total. The number of hydrogen-bond donors (Lipinski definition) is 0. The second-order valence-electron chi connectivity index (χ2n) is 7.84. The summed E-state index contributed by atoms with van der Waals surface area (Å²) in [6.45, 7) is 4.72. The number of esters is 1. The Morgan fingerprint density at radius 1 is 1.28 bits per heavy atom. The fourth-order valence-corrected chi connectivity index (χ4v) is 6.08. The summed E-state index contributed by atoms with van der Waals surface area (Å²) in [7, 11) is 2.79. The standard InChI is InChI=1S/C18H27NO6/c1-5-6-7-17-12-8-11(19(17)16(21)23-4)13-10(2)9-24-18(13,25-12)14(17)15(20)22-3/h10-14H,5-9H2,1-4H3/t10?,11-,12+,13-,14-,17-,18+/m1/s1. The van der Waals surface area contributed by atoms with Crippen LogP contribution in [0.3, 0.4) is 0 Å². The summed E-state index contributed by atoms with van der Waals surface area (Å²) < 4.78 is 22.9. The molecule has 1 unspecified atom stereocenters. The molecule has 25 heavy (non-hydrogen) atoms. The van der Waals surface area contributed by atoms with E-state index in [1.807, 2.05) is 4.90 Å². The van der Waals surface area contributed by atoms with Gasteiger partial charge in [-0.25, -0.2) is 4.79 Å². The van der Waals surface area contributed by atoms with Gasteiger partial charge in [-0.2, -0.15) is 0 Å². The molecule has 0 N–H and O–H groups in total. The van der Waals surface area contributed by atoms with Crippen molar-refractivity contribution in [3.8, 4) is 0 Å². The number of carbonyl (C=O) groups is 2. The summed E-state index contributed by atoms with van der Waals surface area (Å²) in [6, 6.07) is -0.0125. The average molecular weight is 353 g/mol. The van der Waals surface area contributed by atoms with Crippen molar-refractivity contribution in [2.75, 3.05) is 20.8 Å². The van der Waals surface area contributed by atoms with Crippen LogP contribution in [0.4, 0.5) is 4.79 Å². The zero-order valence-corrected chi connectivity index (χ0v) is 15.3. The third-order valence-electron chi connectivity index (χ3n) is 6.83. The quantitative estimate of drug-likeness (QED) is 0.719. The molecule has 5 aliphatic heterocycles. The maximum absolute atomic E-state index is 12.9. The van der Waals surface area contributed by atoms with Crippen molar-refractivity contribution in [1.82, 2.24) is 4.90 Å². The highest BCUT2D eigenvalue weighted by atomic mass is 16.7. The smallest absolute Gasteiger partial charge is 0.410 e. The van der Waals surface area contributed by atoms with E-state index in [0.29, 0.717) is 13.0 Å². The third-order valence-corrected chi connectivity index (χ3v) is 6.83. The molecule has 5 saturated heterocycles. The number of carbonyl (C=O) groups excluding carboxylic acids is 2. The molecule has 0 aromatic rings. The number of rotatable bonds is 4. The number of nitrogens with zero attached hydrogens (tertiary/aromatic N) is 1. The van der Waals surface area contributed by atoms with Gasteiger partial charge < -0.3 is 18.9 Å². The summed E-state index contributed by atoms with van der Waals surface area (Å²) in [4.78, 5) is 27.5. The zero-order valence-electron chi connectivity index (χ0n) is 15.3. The van der Waals surface area contributed by atoms with Crippen LogP contribution in [0.25, 0.3) is 0 Å². The first-order valence-electron chi connectivity index (χ1n) is 9.24. The lowest BCUT2D eigenvalue weighted by Gasteiger charge is -2.52. The van der Waals surface area contributed by atoms with Crippen LogP contribution in [0.5, 0.6) is 0 Å². The molecular weight excluding hydrogens is 326 g/mol. The number of amides is 1. The lowest BCUT2D eigenvalue weighted by Crippen LogP contribution is -2.69. The lowest BCUT2D eigenvalue weighted by molar-refractivity contribution is -0.270. The average Bonchev–Trinajstić information content (AvgIpc) is 3.15. The van der Waals surface area contributed by atoms with Crippen molar-refractivity contribution in [3.63, 3.8) is 0 Å². The van der Waals surface area contributed by atoms with Gasteiger partial charge in [0.2, 0.25) is 0 Å². The Labute approximate surface area is 147 Å². The Balaban J connectivity index is 1.88. The molecule has 0 aliphatic carbocycles. The van der Waals surface area contributed by atoms with Crippen LogP contribution in [-0.4, -0.2) is 61.3 Å². The van der Waals surface area contributed by atoms with Gasteiger partial charge in [0.25, 0.3) is 0 Å². The lowest BCUT2D eigenvalue weighted by atomic mass is 9.67. The van der Waals surface area contributed by atoms with E-state index < -0.39 is 17.2 Å². The number of piperidine rings is 1. The van der Waals surface area contributed by atoms with E-state index in [2.05, 4.69) is 13.8 Å². The zero-order chi connectivity index (χ0) is 18.0. The van der Waals surface area contributed by atoms with Gasteiger partial charge >= 0.3 is 12.1 Å². The Morgan fingerprint density at radius 2 is 2.04 bits per heavy atom. The van der Waals surface area contributed by atoms with Gasteiger partial charge in [-0.3, -0.25) is 9.69 Å². The highest BCUT2D eigenvalue weighted by Gasteiger charge is 2.84. The summed E-state index contributed by atoms with van der Waals surface area (Å²) in [5.41, 5.74) is -0.735. The second kappa shape index (κ2) is 5.58. The number of methoxy groups -OCH3 is 2. The number of ether oxygens (including phenoxy) is 4. The van der Waals surface area contributed by atoms with Crippen molar-refractivity contribution in [2.24, 2.45) is 17.8 Å². The second-order valence-corrected chi connectivity index (χ2v) is 7.84. The minimum absolute atomic E-state index is 0.0125. The normalized spacial score (nSPS) is 46.4. The molecule has 140 valence electrons. The van der Waals surface area contributed by atoms with Crippen LogP contribution in [-0.2, 0) is 23.7 Å². The summed E-state index contributed by atoms with van der Waals surface area (Å²) >= 11 is 0. The molecule has 1 amide bonds. The van der Waals surface area contributed by atoms with Crippen molar-refractivity contribution in [3.05, 3.63) is 0 Å². The van der Waals surface area contributed by atoms with E-state index in [1.165, 1.54) is 14.2 Å². The van der Waals surface area contributed by atoms with Crippen molar-refractivity contribution in [1.29, 1.82) is 0 Å². The molecule has 7 heteroatoms. The van der Waals surface area contributed by atoms with Gasteiger partial charge in [0.1, 0.15) is 5.92 Å². The van der Waals surface area contributed by atoms with Crippen LogP contribution in [0.15, 0.2) is 0 Å². The predicted octanol–water partition coefficient (Wildman–Crippen LogP) is 1.94. The summed E-state index contributed by atoms with van der Waals surface area (Å²) in [5, 5.41) is 0. The number of hydrogen-bond acceptors (Lipinski definition) is 6. The van der Waals surface area contributed by atoms with Gasteiger partial charge in [-0.15, -0.1) is 0 Å². The molecule has 5 rings (SSSR count). The predicted molar refractivity (Wildman–Crippen MR) is 86.6 cm³/mol. The minimum Gasteiger partial charge on any atom is -0.469 e. The molecule has 0 aromatic heterocycles. The maximum atomic E-state index is 12.9. The van der Waals surface area contributed by atoms with E-state index in [4.69, 9.17) is 18.9 Å². The van der Waals surface area contributed by atoms with Gasteiger partial charge in [0.15, 0.2) is 5.79 Å². The third kappa shape index (κ3) is 1.83. The molecule has 0 saturated carbocycles. The van der Waals surface area contributed by atoms with E-state index in [-0.39, 0.29) is 36.0 Å². The van der Waals surface area contributed by atoms with E-state index >= 15 is 0 Å². The van der Waals surface area contributed by atoms with Crippen molar-refractivity contribution < 1.29 is 28.5 Å². The van der Waals surface area contributed by atoms with E-state index in [0.717, 1.165) is 19.3 Å².